The third kappa shape index (κ3) is 3.13. The van der Waals surface area contributed by atoms with Gasteiger partial charge >= 0.3 is 0 Å². The number of nitrogens with one attached hydrogen (secondary N) is 1. The molecule has 2 aromatic heterocycles. The van der Waals surface area contributed by atoms with Crippen LogP contribution in [0.15, 0.2) is 18.3 Å². The lowest BCUT2D eigenvalue weighted by Crippen LogP contribution is -2.33. The maximum Gasteiger partial charge on any atom is 0.270 e. The van der Waals surface area contributed by atoms with Crippen LogP contribution in [0, 0.1) is 0 Å². The van der Waals surface area contributed by atoms with Gasteiger partial charge in [-0.1, -0.05) is 0 Å². The van der Waals surface area contributed by atoms with Crippen molar-refractivity contribution in [1.29, 1.82) is 0 Å². The molecular weight excluding hydrogens is 328 g/mol. The van der Waals surface area contributed by atoms with Crippen molar-refractivity contribution in [2.24, 2.45) is 0 Å². The number of hydrogen-bond donors (Lipinski definition) is 1. The number of carbonyl (C=O) groups is 1. The lowest BCUT2D eigenvalue weighted by atomic mass is 10.1. The second-order valence-electron chi connectivity index (χ2n) is 7.24. The molecule has 1 saturated heterocycles. The fraction of sp³-hybridized carbons (Fsp3) is 0.526. The Balaban J connectivity index is 1.62. The quantitative estimate of drug-likeness (QED) is 0.909. The van der Waals surface area contributed by atoms with Gasteiger partial charge < -0.3 is 19.7 Å². The topological polar surface area (TPSA) is 68.4 Å². The van der Waals surface area contributed by atoms with E-state index in [0.717, 1.165) is 43.4 Å². The van der Waals surface area contributed by atoms with Crippen molar-refractivity contribution in [2.75, 3.05) is 50.1 Å². The van der Waals surface area contributed by atoms with Gasteiger partial charge in [0.05, 0.1) is 5.69 Å². The largest absolute Gasteiger partial charge is 0.362 e. The zero-order valence-corrected chi connectivity index (χ0v) is 15.5. The molecular formula is C19H26N6O. The van der Waals surface area contributed by atoms with E-state index in [1.54, 1.807) is 6.20 Å². The Hall–Kier alpha value is -2.57. The number of H-pyrrole nitrogens is 1. The number of rotatable bonds is 3. The normalized spacial score (nSPS) is 17.2. The summed E-state index contributed by atoms with van der Waals surface area (Å²) >= 11 is 0. The molecule has 0 atom stereocenters. The molecule has 1 amide bonds. The summed E-state index contributed by atoms with van der Waals surface area (Å²) in [6, 6.07) is 3.69. The zero-order chi connectivity index (χ0) is 18.1. The maximum atomic E-state index is 12.7. The third-order valence-corrected chi connectivity index (χ3v) is 5.24. The summed E-state index contributed by atoms with van der Waals surface area (Å²) in [5, 5.41) is 0. The Morgan fingerprint density at radius 3 is 2.58 bits per heavy atom. The number of aromatic amines is 1. The summed E-state index contributed by atoms with van der Waals surface area (Å²) < 4.78 is 0. The number of hydrogen-bond acceptors (Lipinski definition) is 5. The van der Waals surface area contributed by atoms with E-state index in [2.05, 4.69) is 14.8 Å². The predicted molar refractivity (Wildman–Crippen MR) is 102 cm³/mol. The first-order chi connectivity index (χ1) is 12.6. The van der Waals surface area contributed by atoms with E-state index in [0.29, 0.717) is 18.8 Å². The molecule has 2 aliphatic rings. The second-order valence-corrected chi connectivity index (χ2v) is 7.24. The standard InChI is InChI=1S/C19H26N6O/c1-23(2)17-14-7-12-24(18(26)16-6-5-9-20-16)13-8-15(14)21-19(22-17)25-10-3-4-11-25/h5-6,9,20H,3-4,7-8,10-13H2,1-2H3. The zero-order valence-electron chi connectivity index (χ0n) is 15.5. The average Bonchev–Trinajstić information content (AvgIpc) is 3.31. The van der Waals surface area contributed by atoms with E-state index >= 15 is 0 Å². The Morgan fingerprint density at radius 2 is 1.88 bits per heavy atom. The van der Waals surface area contributed by atoms with E-state index in [-0.39, 0.29) is 5.91 Å². The Bertz CT molecular complexity index is 780. The molecule has 7 nitrogen and oxygen atoms in total. The molecule has 2 aliphatic heterocycles. The molecule has 0 saturated carbocycles. The van der Waals surface area contributed by atoms with Crippen LogP contribution in [0.2, 0.25) is 0 Å². The van der Waals surface area contributed by atoms with Gasteiger partial charge in [-0.25, -0.2) is 4.98 Å². The average molecular weight is 354 g/mol. The van der Waals surface area contributed by atoms with Crippen LogP contribution in [0.3, 0.4) is 0 Å². The number of anilines is 2. The molecule has 138 valence electrons. The van der Waals surface area contributed by atoms with Crippen LogP contribution in [0.25, 0.3) is 0 Å². The van der Waals surface area contributed by atoms with Crippen molar-refractivity contribution < 1.29 is 4.79 Å². The smallest absolute Gasteiger partial charge is 0.270 e. The van der Waals surface area contributed by atoms with Gasteiger partial charge in [-0.2, -0.15) is 4.98 Å². The molecule has 0 radical (unpaired) electrons. The van der Waals surface area contributed by atoms with E-state index in [1.807, 2.05) is 31.1 Å². The number of carbonyl (C=O) groups excluding carboxylic acids is 1. The van der Waals surface area contributed by atoms with Gasteiger partial charge in [-0.05, 0) is 31.4 Å². The Morgan fingerprint density at radius 1 is 1.12 bits per heavy atom. The maximum absolute atomic E-state index is 12.7. The van der Waals surface area contributed by atoms with E-state index in [1.165, 1.54) is 18.4 Å². The van der Waals surface area contributed by atoms with Crippen molar-refractivity contribution in [3.8, 4) is 0 Å². The van der Waals surface area contributed by atoms with Crippen LogP contribution >= 0.6 is 0 Å². The summed E-state index contributed by atoms with van der Waals surface area (Å²) in [5.74, 6) is 1.89. The van der Waals surface area contributed by atoms with Crippen LogP contribution in [0.4, 0.5) is 11.8 Å². The molecule has 0 bridgehead atoms. The van der Waals surface area contributed by atoms with Crippen molar-refractivity contribution in [2.45, 2.75) is 25.7 Å². The number of aromatic nitrogens is 3. The first-order valence-corrected chi connectivity index (χ1v) is 9.38. The molecule has 4 rings (SSSR count). The van der Waals surface area contributed by atoms with Gasteiger partial charge in [0.25, 0.3) is 5.91 Å². The second kappa shape index (κ2) is 6.97. The van der Waals surface area contributed by atoms with Gasteiger partial charge in [-0.15, -0.1) is 0 Å². The summed E-state index contributed by atoms with van der Waals surface area (Å²) in [7, 11) is 4.06. The number of fused-ring (bicyclic) bond motifs is 1. The molecule has 0 spiro atoms. The third-order valence-electron chi connectivity index (χ3n) is 5.24. The van der Waals surface area contributed by atoms with Gasteiger partial charge in [0.1, 0.15) is 11.5 Å². The van der Waals surface area contributed by atoms with E-state index < -0.39 is 0 Å². The molecule has 0 aromatic carbocycles. The number of nitrogens with zero attached hydrogens (tertiary/aromatic N) is 5. The lowest BCUT2D eigenvalue weighted by molar-refractivity contribution is 0.0758. The van der Waals surface area contributed by atoms with Crippen LogP contribution in [0.1, 0.15) is 34.6 Å². The van der Waals surface area contributed by atoms with Gasteiger partial charge in [0, 0.05) is 58.5 Å². The highest BCUT2D eigenvalue weighted by molar-refractivity contribution is 5.92. The van der Waals surface area contributed by atoms with Gasteiger partial charge in [-0.3, -0.25) is 4.79 Å². The monoisotopic (exact) mass is 354 g/mol. The van der Waals surface area contributed by atoms with Gasteiger partial charge in [0.2, 0.25) is 5.95 Å². The van der Waals surface area contributed by atoms with E-state index in [4.69, 9.17) is 9.97 Å². The van der Waals surface area contributed by atoms with Crippen LogP contribution in [0.5, 0.6) is 0 Å². The molecule has 1 fully saturated rings. The molecule has 4 heterocycles. The van der Waals surface area contributed by atoms with Crippen LogP contribution < -0.4 is 9.80 Å². The van der Waals surface area contributed by atoms with E-state index in [9.17, 15) is 4.79 Å². The molecule has 26 heavy (non-hydrogen) atoms. The summed E-state index contributed by atoms with van der Waals surface area (Å²) in [4.78, 5) is 31.7. The minimum Gasteiger partial charge on any atom is -0.362 e. The van der Waals surface area contributed by atoms with Crippen molar-refractivity contribution in [3.05, 3.63) is 35.3 Å². The highest BCUT2D eigenvalue weighted by Crippen LogP contribution is 2.27. The molecule has 7 heteroatoms. The predicted octanol–water partition coefficient (Wildman–Crippen LogP) is 1.71. The minimum atomic E-state index is 0.0573. The van der Waals surface area contributed by atoms with Crippen LogP contribution in [-0.2, 0) is 12.8 Å². The molecule has 0 aliphatic carbocycles. The molecule has 2 aromatic rings. The summed E-state index contributed by atoms with van der Waals surface area (Å²) in [5.41, 5.74) is 2.92. The highest BCUT2D eigenvalue weighted by atomic mass is 16.2. The Labute approximate surface area is 154 Å². The summed E-state index contributed by atoms with van der Waals surface area (Å²) in [6.07, 6.45) is 5.76. The SMILES string of the molecule is CN(C)c1nc(N2CCCC2)nc2c1CCN(C(=O)c1ccc[nH]1)CC2. The first kappa shape index (κ1) is 16.9. The van der Waals surface area contributed by atoms with Crippen molar-refractivity contribution in [1.82, 2.24) is 19.9 Å². The summed E-state index contributed by atoms with van der Waals surface area (Å²) in [6.45, 7) is 3.44. The Kier molecular flexibility index (Phi) is 4.53. The highest BCUT2D eigenvalue weighted by Gasteiger charge is 2.26. The molecule has 1 N–H and O–H groups in total. The first-order valence-electron chi connectivity index (χ1n) is 9.38. The van der Waals surface area contributed by atoms with Crippen molar-refractivity contribution in [3.63, 3.8) is 0 Å². The van der Waals surface area contributed by atoms with Crippen LogP contribution in [-0.4, -0.2) is 66.0 Å². The fourth-order valence-electron chi connectivity index (χ4n) is 3.83. The number of amides is 1. The van der Waals surface area contributed by atoms with Gasteiger partial charge in [0.15, 0.2) is 0 Å². The fourth-order valence-corrected chi connectivity index (χ4v) is 3.83. The minimum absolute atomic E-state index is 0.0573. The van der Waals surface area contributed by atoms with Crippen molar-refractivity contribution >= 4 is 17.7 Å². The molecule has 0 unspecified atom stereocenters. The lowest BCUT2D eigenvalue weighted by Gasteiger charge is -2.22.